The summed E-state index contributed by atoms with van der Waals surface area (Å²) in [6.45, 7) is 1.28. The summed E-state index contributed by atoms with van der Waals surface area (Å²) in [6.07, 6.45) is 2.43. The minimum absolute atomic E-state index is 0.153. The number of benzene rings is 1. The van der Waals surface area contributed by atoms with Gasteiger partial charge in [-0.05, 0) is 25.0 Å². The highest BCUT2D eigenvalue weighted by molar-refractivity contribution is 7.90. The normalized spacial score (nSPS) is 21.0. The molecule has 1 unspecified atom stereocenters. The molecule has 6 heteroatoms. The van der Waals surface area contributed by atoms with Crippen LogP contribution < -0.4 is 10.6 Å². The van der Waals surface area contributed by atoms with Gasteiger partial charge < -0.3 is 15.7 Å². The van der Waals surface area contributed by atoms with E-state index in [-0.39, 0.29) is 16.7 Å². The minimum atomic E-state index is -3.32. The number of sulfone groups is 1. The number of β-amino-alcohol motifs (C(OH)–C–C–N with tert-alkyl or cyclic N) is 1. The first kappa shape index (κ1) is 13.2. The molecule has 18 heavy (non-hydrogen) atoms. The lowest BCUT2D eigenvalue weighted by Crippen LogP contribution is -2.38. The summed E-state index contributed by atoms with van der Waals surface area (Å²) in [7, 11) is -3.32. The lowest BCUT2D eigenvalue weighted by Gasteiger charge is -2.33. The first-order valence-electron chi connectivity index (χ1n) is 5.91. The highest BCUT2D eigenvalue weighted by Crippen LogP contribution is 2.31. The van der Waals surface area contributed by atoms with Gasteiger partial charge in [0.25, 0.3) is 0 Å². The van der Waals surface area contributed by atoms with Gasteiger partial charge in [0.2, 0.25) is 0 Å². The number of rotatable bonds is 2. The number of para-hydroxylation sites is 1. The molecule has 1 aromatic rings. The van der Waals surface area contributed by atoms with E-state index in [1.807, 2.05) is 4.90 Å². The van der Waals surface area contributed by atoms with Gasteiger partial charge in [-0.1, -0.05) is 6.07 Å². The Morgan fingerprint density at radius 1 is 1.44 bits per heavy atom. The molecule has 1 atom stereocenters. The summed E-state index contributed by atoms with van der Waals surface area (Å²) in [5, 5.41) is 9.66. The lowest BCUT2D eigenvalue weighted by atomic mass is 10.1. The van der Waals surface area contributed by atoms with Crippen LogP contribution in [-0.2, 0) is 9.84 Å². The van der Waals surface area contributed by atoms with E-state index in [0.717, 1.165) is 25.6 Å². The zero-order valence-corrected chi connectivity index (χ0v) is 11.2. The van der Waals surface area contributed by atoms with Crippen molar-refractivity contribution in [2.75, 3.05) is 30.0 Å². The Bertz CT molecular complexity index is 542. The largest absolute Gasteiger partial charge is 0.396 e. The summed E-state index contributed by atoms with van der Waals surface area (Å²) < 4.78 is 23.2. The number of nitrogens with zero attached hydrogens (tertiary/aromatic N) is 1. The fourth-order valence-electron chi connectivity index (χ4n) is 2.31. The summed E-state index contributed by atoms with van der Waals surface area (Å²) in [5.74, 6) is 0. The molecule has 1 heterocycles. The van der Waals surface area contributed by atoms with Crippen LogP contribution in [0.4, 0.5) is 11.4 Å². The smallest absolute Gasteiger partial charge is 0.177 e. The predicted octanol–water partition coefficient (Wildman–Crippen LogP) is 0.633. The minimum Gasteiger partial charge on any atom is -0.396 e. The van der Waals surface area contributed by atoms with Gasteiger partial charge in [0.1, 0.15) is 0 Å². The van der Waals surface area contributed by atoms with Gasteiger partial charge in [-0.25, -0.2) is 8.42 Å². The van der Waals surface area contributed by atoms with E-state index >= 15 is 0 Å². The molecule has 3 N–H and O–H groups in total. The van der Waals surface area contributed by atoms with Crippen molar-refractivity contribution in [2.24, 2.45) is 0 Å². The molecular formula is C12H18N2O3S. The molecule has 1 aliphatic heterocycles. The average Bonchev–Trinajstić information content (AvgIpc) is 2.27. The molecule has 0 radical (unpaired) electrons. The molecule has 0 saturated carbocycles. The Labute approximate surface area is 107 Å². The molecule has 0 aliphatic carbocycles. The molecule has 1 fully saturated rings. The van der Waals surface area contributed by atoms with Crippen molar-refractivity contribution in [3.05, 3.63) is 18.2 Å². The lowest BCUT2D eigenvalue weighted by molar-refractivity contribution is 0.154. The van der Waals surface area contributed by atoms with E-state index in [1.165, 1.54) is 6.07 Å². The summed E-state index contributed by atoms with van der Waals surface area (Å²) in [4.78, 5) is 2.10. The van der Waals surface area contributed by atoms with Gasteiger partial charge in [-0.15, -0.1) is 0 Å². The highest BCUT2D eigenvalue weighted by Gasteiger charge is 2.22. The zero-order valence-electron chi connectivity index (χ0n) is 10.3. The average molecular weight is 270 g/mol. The number of aliphatic hydroxyl groups is 1. The topological polar surface area (TPSA) is 83.6 Å². The fourth-order valence-corrected chi connectivity index (χ4v) is 3.13. The van der Waals surface area contributed by atoms with Crippen molar-refractivity contribution in [2.45, 2.75) is 23.8 Å². The molecule has 0 amide bonds. The summed E-state index contributed by atoms with van der Waals surface area (Å²) in [5.41, 5.74) is 6.91. The van der Waals surface area contributed by atoms with E-state index in [0.29, 0.717) is 12.2 Å². The molecule has 100 valence electrons. The molecule has 5 nitrogen and oxygen atoms in total. The van der Waals surface area contributed by atoms with Crippen LogP contribution in [0.1, 0.15) is 12.8 Å². The van der Waals surface area contributed by atoms with Crippen molar-refractivity contribution in [3.8, 4) is 0 Å². The second-order valence-electron chi connectivity index (χ2n) is 4.70. The van der Waals surface area contributed by atoms with Gasteiger partial charge in [0.15, 0.2) is 9.84 Å². The summed E-state index contributed by atoms with van der Waals surface area (Å²) >= 11 is 0. The molecule has 0 aromatic heterocycles. The van der Waals surface area contributed by atoms with Crippen LogP contribution in [0.3, 0.4) is 0 Å². The number of anilines is 2. The molecule has 1 aliphatic rings. The maximum absolute atomic E-state index is 11.6. The highest BCUT2D eigenvalue weighted by atomic mass is 32.2. The van der Waals surface area contributed by atoms with Crippen molar-refractivity contribution in [1.29, 1.82) is 0 Å². The third-order valence-electron chi connectivity index (χ3n) is 3.18. The van der Waals surface area contributed by atoms with Gasteiger partial charge in [0.05, 0.1) is 22.4 Å². The number of hydrogen-bond donors (Lipinski definition) is 2. The maximum Gasteiger partial charge on any atom is 0.177 e. The second-order valence-corrected chi connectivity index (χ2v) is 6.69. The monoisotopic (exact) mass is 270 g/mol. The molecule has 1 aromatic carbocycles. The number of hydrogen-bond acceptors (Lipinski definition) is 5. The Morgan fingerprint density at radius 3 is 2.78 bits per heavy atom. The number of aliphatic hydroxyl groups excluding tert-OH is 1. The van der Waals surface area contributed by atoms with E-state index in [2.05, 4.69) is 0 Å². The van der Waals surface area contributed by atoms with Crippen molar-refractivity contribution >= 4 is 21.2 Å². The molecule has 0 spiro atoms. The van der Waals surface area contributed by atoms with Crippen LogP contribution in [-0.4, -0.2) is 39.0 Å². The van der Waals surface area contributed by atoms with Crippen molar-refractivity contribution in [1.82, 2.24) is 0 Å². The molecule has 0 bridgehead atoms. The Morgan fingerprint density at radius 2 is 2.17 bits per heavy atom. The third kappa shape index (κ3) is 2.59. The van der Waals surface area contributed by atoms with E-state index in [4.69, 9.17) is 5.73 Å². The van der Waals surface area contributed by atoms with Crippen LogP contribution in [0.15, 0.2) is 23.1 Å². The number of nitrogen functional groups attached to an aromatic ring is 1. The molecule has 2 rings (SSSR count). The standard InChI is InChI=1S/C12H18N2O3S/c1-18(16,17)11-6-2-5-10(12(11)13)14-7-3-4-9(15)8-14/h2,5-6,9,15H,3-4,7-8,13H2,1H3. The fraction of sp³-hybridized carbons (Fsp3) is 0.500. The Kier molecular flexibility index (Phi) is 3.49. The van der Waals surface area contributed by atoms with Crippen molar-refractivity contribution in [3.63, 3.8) is 0 Å². The van der Waals surface area contributed by atoms with Gasteiger partial charge in [-0.2, -0.15) is 0 Å². The predicted molar refractivity (Wildman–Crippen MR) is 71.4 cm³/mol. The number of piperidine rings is 1. The second kappa shape index (κ2) is 4.78. The Balaban J connectivity index is 2.40. The van der Waals surface area contributed by atoms with Crippen molar-refractivity contribution < 1.29 is 13.5 Å². The Hall–Kier alpha value is -1.27. The van der Waals surface area contributed by atoms with Gasteiger partial charge in [-0.3, -0.25) is 0 Å². The number of nitrogens with two attached hydrogens (primary N) is 1. The van der Waals surface area contributed by atoms with Crippen LogP contribution in [0, 0.1) is 0 Å². The van der Waals surface area contributed by atoms with Crippen LogP contribution >= 0.6 is 0 Å². The zero-order chi connectivity index (χ0) is 13.3. The molecular weight excluding hydrogens is 252 g/mol. The van der Waals surface area contributed by atoms with Gasteiger partial charge >= 0.3 is 0 Å². The van der Waals surface area contributed by atoms with E-state index < -0.39 is 9.84 Å². The summed E-state index contributed by atoms with van der Waals surface area (Å²) in [6, 6.07) is 4.99. The third-order valence-corrected chi connectivity index (χ3v) is 4.33. The van der Waals surface area contributed by atoms with E-state index in [1.54, 1.807) is 12.1 Å². The SMILES string of the molecule is CS(=O)(=O)c1cccc(N2CCCC(O)C2)c1N. The first-order chi connectivity index (χ1) is 8.39. The maximum atomic E-state index is 11.6. The van der Waals surface area contributed by atoms with Crippen LogP contribution in [0.5, 0.6) is 0 Å². The quantitative estimate of drug-likeness (QED) is 0.770. The first-order valence-corrected chi connectivity index (χ1v) is 7.80. The van der Waals surface area contributed by atoms with Crippen LogP contribution in [0.2, 0.25) is 0 Å². The van der Waals surface area contributed by atoms with Crippen LogP contribution in [0.25, 0.3) is 0 Å². The van der Waals surface area contributed by atoms with Gasteiger partial charge in [0, 0.05) is 19.3 Å². The van der Waals surface area contributed by atoms with E-state index in [9.17, 15) is 13.5 Å². The molecule has 1 saturated heterocycles.